The molecule has 1 amide bonds. The van der Waals surface area contributed by atoms with Crippen LogP contribution in [0.4, 0.5) is 0 Å². The second kappa shape index (κ2) is 5.88. The first-order valence-corrected chi connectivity index (χ1v) is 8.28. The highest BCUT2D eigenvalue weighted by molar-refractivity contribution is 8.00. The Bertz CT molecular complexity index is 343. The Kier molecular flexibility index (Phi) is 5.07. The molecule has 0 saturated carbocycles. The molecule has 1 atom stereocenters. The van der Waals surface area contributed by atoms with Crippen LogP contribution in [0.25, 0.3) is 0 Å². The van der Waals surface area contributed by atoms with E-state index in [1.807, 2.05) is 0 Å². The van der Waals surface area contributed by atoms with Crippen LogP contribution in [0.2, 0.25) is 0 Å². The van der Waals surface area contributed by atoms with Crippen LogP contribution >= 0.6 is 11.8 Å². The zero-order valence-corrected chi connectivity index (χ0v) is 11.2. The van der Waals surface area contributed by atoms with Gasteiger partial charge in [0.1, 0.15) is 5.37 Å². The van der Waals surface area contributed by atoms with E-state index in [1.165, 1.54) is 11.2 Å². The number of amides is 1. The van der Waals surface area contributed by atoms with Crippen molar-refractivity contribution in [2.24, 2.45) is 0 Å². The number of carbonyl (C=O) groups excluding carboxylic acids is 1. The summed E-state index contributed by atoms with van der Waals surface area (Å²) in [6, 6.07) is 0. The summed E-state index contributed by atoms with van der Waals surface area (Å²) in [5, 5.41) is 2.25. The summed E-state index contributed by atoms with van der Waals surface area (Å²) < 4.78 is 23.1. The first-order chi connectivity index (χ1) is 7.46. The Balaban J connectivity index is 2.71. The third-order valence-corrected chi connectivity index (χ3v) is 5.13. The predicted molar refractivity (Wildman–Crippen MR) is 66.2 cm³/mol. The minimum atomic E-state index is -3.18. The maximum absolute atomic E-state index is 11.8. The highest BCUT2D eigenvalue weighted by Gasteiger charge is 2.33. The molecular formula is C9H18N2O3S2. The Morgan fingerprint density at radius 2 is 2.25 bits per heavy atom. The van der Waals surface area contributed by atoms with E-state index >= 15 is 0 Å². The summed E-state index contributed by atoms with van der Waals surface area (Å²) in [6.07, 6.45) is 1.55. The van der Waals surface area contributed by atoms with Crippen LogP contribution in [0.5, 0.6) is 0 Å². The number of rotatable bonds is 4. The second-order valence-electron chi connectivity index (χ2n) is 3.80. The average Bonchev–Trinajstić information content (AvgIpc) is 2.24. The third kappa shape index (κ3) is 3.64. The van der Waals surface area contributed by atoms with Crippen LogP contribution in [0.15, 0.2) is 0 Å². The Labute approximate surface area is 101 Å². The van der Waals surface area contributed by atoms with E-state index in [-0.39, 0.29) is 5.91 Å². The first-order valence-electron chi connectivity index (χ1n) is 5.17. The Morgan fingerprint density at radius 1 is 1.56 bits per heavy atom. The maximum atomic E-state index is 11.8. The molecule has 16 heavy (non-hydrogen) atoms. The van der Waals surface area contributed by atoms with Gasteiger partial charge in [-0.3, -0.25) is 4.79 Å². The average molecular weight is 266 g/mol. The molecular weight excluding hydrogens is 248 g/mol. The van der Waals surface area contributed by atoms with Crippen molar-refractivity contribution in [3.8, 4) is 0 Å². The summed E-state index contributed by atoms with van der Waals surface area (Å²) in [5.41, 5.74) is 0. The Morgan fingerprint density at radius 3 is 2.81 bits per heavy atom. The van der Waals surface area contributed by atoms with Gasteiger partial charge in [0.25, 0.3) is 0 Å². The first kappa shape index (κ1) is 13.8. The van der Waals surface area contributed by atoms with Crippen molar-refractivity contribution in [2.75, 3.05) is 37.9 Å². The fourth-order valence-corrected chi connectivity index (χ4v) is 4.43. The molecule has 0 aromatic carbocycles. The van der Waals surface area contributed by atoms with Crippen LogP contribution in [0.1, 0.15) is 6.42 Å². The van der Waals surface area contributed by atoms with Gasteiger partial charge in [0.2, 0.25) is 5.91 Å². The number of thioether (sulfide) groups is 1. The SMILES string of the molecule is CNCCC(=O)N1CCSCC1S(C)(=O)=O. The summed E-state index contributed by atoms with van der Waals surface area (Å²) in [7, 11) is -1.41. The van der Waals surface area contributed by atoms with Gasteiger partial charge in [-0.1, -0.05) is 0 Å². The van der Waals surface area contributed by atoms with Gasteiger partial charge in [0.15, 0.2) is 9.84 Å². The fourth-order valence-electron chi connectivity index (χ4n) is 1.60. The molecule has 0 aromatic heterocycles. The van der Waals surface area contributed by atoms with Crippen LogP contribution in [-0.2, 0) is 14.6 Å². The molecule has 0 aliphatic carbocycles. The van der Waals surface area contributed by atoms with E-state index in [0.29, 0.717) is 25.3 Å². The minimum absolute atomic E-state index is 0.0786. The molecule has 5 nitrogen and oxygen atoms in total. The van der Waals surface area contributed by atoms with Gasteiger partial charge >= 0.3 is 0 Å². The number of nitrogens with one attached hydrogen (secondary N) is 1. The van der Waals surface area contributed by atoms with E-state index in [1.54, 1.807) is 18.8 Å². The van der Waals surface area contributed by atoms with Gasteiger partial charge < -0.3 is 10.2 Å². The van der Waals surface area contributed by atoms with Crippen molar-refractivity contribution in [2.45, 2.75) is 11.8 Å². The summed E-state index contributed by atoms with van der Waals surface area (Å²) in [4.78, 5) is 13.3. The largest absolute Gasteiger partial charge is 0.324 e. The van der Waals surface area contributed by atoms with Crippen molar-refractivity contribution in [3.05, 3.63) is 0 Å². The summed E-state index contributed by atoms with van der Waals surface area (Å²) in [5.74, 6) is 1.23. The lowest BCUT2D eigenvalue weighted by molar-refractivity contribution is -0.131. The molecule has 94 valence electrons. The number of hydrogen-bond donors (Lipinski definition) is 1. The van der Waals surface area contributed by atoms with Gasteiger partial charge in [-0.05, 0) is 7.05 Å². The lowest BCUT2D eigenvalue weighted by Crippen LogP contribution is -2.50. The van der Waals surface area contributed by atoms with E-state index in [2.05, 4.69) is 5.32 Å². The van der Waals surface area contributed by atoms with Crippen molar-refractivity contribution < 1.29 is 13.2 Å². The topological polar surface area (TPSA) is 66.5 Å². The second-order valence-corrected chi connectivity index (χ2v) is 7.15. The van der Waals surface area contributed by atoms with E-state index in [0.717, 1.165) is 5.75 Å². The highest BCUT2D eigenvalue weighted by atomic mass is 32.2. The molecule has 0 bridgehead atoms. The van der Waals surface area contributed by atoms with Crippen molar-refractivity contribution >= 4 is 27.5 Å². The molecule has 1 aliphatic heterocycles. The number of sulfone groups is 1. The van der Waals surface area contributed by atoms with Crippen molar-refractivity contribution in [1.29, 1.82) is 0 Å². The zero-order valence-electron chi connectivity index (χ0n) is 9.60. The maximum Gasteiger partial charge on any atom is 0.224 e. The molecule has 0 aromatic rings. The lowest BCUT2D eigenvalue weighted by Gasteiger charge is -2.34. The Hall–Kier alpha value is -0.270. The molecule has 7 heteroatoms. The van der Waals surface area contributed by atoms with Crippen LogP contribution in [0, 0.1) is 0 Å². The predicted octanol–water partition coefficient (Wildman–Crippen LogP) is -0.458. The van der Waals surface area contributed by atoms with Gasteiger partial charge in [-0.15, -0.1) is 0 Å². The summed E-state index contributed by atoms with van der Waals surface area (Å²) >= 11 is 1.59. The zero-order chi connectivity index (χ0) is 12.2. The van der Waals surface area contributed by atoms with Gasteiger partial charge in [0, 0.05) is 37.3 Å². The smallest absolute Gasteiger partial charge is 0.224 e. The summed E-state index contributed by atoms with van der Waals surface area (Å²) in [6.45, 7) is 1.11. The normalized spacial score (nSPS) is 22.1. The van der Waals surface area contributed by atoms with E-state index in [4.69, 9.17) is 0 Å². The minimum Gasteiger partial charge on any atom is -0.324 e. The number of carbonyl (C=O) groups is 1. The van der Waals surface area contributed by atoms with Gasteiger partial charge in [-0.2, -0.15) is 11.8 Å². The standard InChI is InChI=1S/C9H18N2O3S2/c1-10-4-3-8(12)11-5-6-15-7-9(11)16(2,13)14/h9-10H,3-7H2,1-2H3. The molecule has 0 spiro atoms. The molecule has 1 N–H and O–H groups in total. The van der Waals surface area contributed by atoms with E-state index < -0.39 is 15.2 Å². The molecule has 0 radical (unpaired) electrons. The third-order valence-electron chi connectivity index (χ3n) is 2.49. The molecule has 1 aliphatic rings. The quantitative estimate of drug-likeness (QED) is 0.746. The van der Waals surface area contributed by atoms with Crippen molar-refractivity contribution in [3.63, 3.8) is 0 Å². The van der Waals surface area contributed by atoms with Crippen LogP contribution < -0.4 is 5.32 Å². The highest BCUT2D eigenvalue weighted by Crippen LogP contribution is 2.20. The molecule has 1 unspecified atom stereocenters. The molecule has 1 heterocycles. The lowest BCUT2D eigenvalue weighted by atomic mass is 10.3. The molecule has 1 saturated heterocycles. The number of hydrogen-bond acceptors (Lipinski definition) is 5. The monoisotopic (exact) mass is 266 g/mol. The molecule has 1 fully saturated rings. The van der Waals surface area contributed by atoms with Crippen molar-refractivity contribution in [1.82, 2.24) is 10.2 Å². The number of nitrogens with zero attached hydrogens (tertiary/aromatic N) is 1. The van der Waals surface area contributed by atoms with Gasteiger partial charge in [0.05, 0.1) is 0 Å². The van der Waals surface area contributed by atoms with Crippen LogP contribution in [0.3, 0.4) is 0 Å². The molecule has 1 rings (SSSR count). The van der Waals surface area contributed by atoms with Gasteiger partial charge in [-0.25, -0.2) is 8.42 Å². The van der Waals surface area contributed by atoms with E-state index in [9.17, 15) is 13.2 Å². The van der Waals surface area contributed by atoms with Crippen LogP contribution in [-0.4, -0.2) is 62.5 Å². The fraction of sp³-hybridized carbons (Fsp3) is 0.889.